The van der Waals surface area contributed by atoms with Crippen LogP contribution in [0, 0.1) is 5.82 Å². The summed E-state index contributed by atoms with van der Waals surface area (Å²) in [5.74, 6) is -0.373. The van der Waals surface area contributed by atoms with Gasteiger partial charge in [-0.15, -0.1) is 0 Å². The van der Waals surface area contributed by atoms with Gasteiger partial charge in [-0.3, -0.25) is 4.90 Å². The van der Waals surface area contributed by atoms with Crippen LogP contribution in [0.15, 0.2) is 18.2 Å². The second-order valence-corrected chi connectivity index (χ2v) is 5.68. The topological polar surface area (TPSA) is 29.3 Å². The summed E-state index contributed by atoms with van der Waals surface area (Å²) in [4.78, 5) is 2.38. The molecule has 0 radical (unpaired) electrons. The zero-order chi connectivity index (χ0) is 15.1. The fourth-order valence-corrected chi connectivity index (χ4v) is 2.56. The van der Waals surface area contributed by atoms with Crippen LogP contribution in [0.3, 0.4) is 0 Å². The van der Waals surface area contributed by atoms with E-state index in [2.05, 4.69) is 25.7 Å². The van der Waals surface area contributed by atoms with Crippen molar-refractivity contribution in [2.45, 2.75) is 52.1 Å². The van der Waals surface area contributed by atoms with Crippen molar-refractivity contribution >= 4 is 11.6 Å². The molecule has 0 aliphatic rings. The largest absolute Gasteiger partial charge is 0.329 e. The summed E-state index contributed by atoms with van der Waals surface area (Å²) >= 11 is 5.76. The summed E-state index contributed by atoms with van der Waals surface area (Å²) in [6, 6.07) is 5.48. The summed E-state index contributed by atoms with van der Waals surface area (Å²) in [6.07, 6.45) is 3.31. The van der Waals surface area contributed by atoms with Gasteiger partial charge in [0.05, 0.1) is 5.02 Å². The van der Waals surface area contributed by atoms with Crippen molar-refractivity contribution in [1.82, 2.24) is 4.90 Å². The Morgan fingerprint density at radius 1 is 1.35 bits per heavy atom. The molecule has 2 N–H and O–H groups in total. The SMILES string of the molecule is CCCCN(C(C)CC)C(CN)c1ccc(Cl)c(F)c1. The average Bonchev–Trinajstić information content (AvgIpc) is 2.46. The summed E-state index contributed by atoms with van der Waals surface area (Å²) in [6.45, 7) is 8.01. The molecule has 0 aromatic heterocycles. The molecule has 0 aliphatic carbocycles. The Morgan fingerprint density at radius 2 is 2.05 bits per heavy atom. The number of nitrogens with two attached hydrogens (primary N) is 1. The lowest BCUT2D eigenvalue weighted by Crippen LogP contribution is -2.40. The standard InChI is InChI=1S/C16H26ClFN2/c1-4-6-9-20(12(3)5-2)16(11-19)13-7-8-14(17)15(18)10-13/h7-8,10,12,16H,4-6,9,11,19H2,1-3H3. The van der Waals surface area contributed by atoms with Crippen molar-refractivity contribution in [3.05, 3.63) is 34.6 Å². The highest BCUT2D eigenvalue weighted by Crippen LogP contribution is 2.26. The van der Waals surface area contributed by atoms with E-state index < -0.39 is 0 Å². The smallest absolute Gasteiger partial charge is 0.142 e. The van der Waals surface area contributed by atoms with Crippen LogP contribution in [0.5, 0.6) is 0 Å². The molecule has 114 valence electrons. The molecule has 0 heterocycles. The number of hydrogen-bond donors (Lipinski definition) is 1. The lowest BCUT2D eigenvalue weighted by atomic mass is 10.0. The molecular formula is C16H26ClFN2. The molecule has 0 saturated heterocycles. The highest BCUT2D eigenvalue weighted by Gasteiger charge is 2.23. The Balaban J connectivity index is 3.01. The molecule has 1 aromatic carbocycles. The number of halogens is 2. The van der Waals surface area contributed by atoms with Gasteiger partial charge in [-0.05, 0) is 44.0 Å². The van der Waals surface area contributed by atoms with Gasteiger partial charge in [-0.2, -0.15) is 0 Å². The summed E-state index contributed by atoms with van der Waals surface area (Å²) < 4.78 is 13.7. The van der Waals surface area contributed by atoms with Gasteiger partial charge in [-0.25, -0.2) is 4.39 Å². The van der Waals surface area contributed by atoms with Crippen LogP contribution in [0.25, 0.3) is 0 Å². The number of nitrogens with zero attached hydrogens (tertiary/aromatic N) is 1. The molecule has 0 saturated carbocycles. The van der Waals surface area contributed by atoms with Gasteiger partial charge in [0.1, 0.15) is 5.82 Å². The minimum atomic E-state index is -0.373. The van der Waals surface area contributed by atoms with Gasteiger partial charge in [-0.1, -0.05) is 37.9 Å². The van der Waals surface area contributed by atoms with Crippen molar-refractivity contribution in [2.75, 3.05) is 13.1 Å². The van der Waals surface area contributed by atoms with Crippen LogP contribution in [0.2, 0.25) is 5.02 Å². The quantitative estimate of drug-likeness (QED) is 0.772. The van der Waals surface area contributed by atoms with E-state index in [9.17, 15) is 4.39 Å². The maximum absolute atomic E-state index is 13.7. The fraction of sp³-hybridized carbons (Fsp3) is 0.625. The molecule has 2 atom stereocenters. The third-order valence-corrected chi connectivity index (χ3v) is 4.19. The van der Waals surface area contributed by atoms with Crippen LogP contribution < -0.4 is 5.73 Å². The second-order valence-electron chi connectivity index (χ2n) is 5.27. The second kappa shape index (κ2) is 8.60. The van der Waals surface area contributed by atoms with E-state index in [-0.39, 0.29) is 16.9 Å². The van der Waals surface area contributed by atoms with E-state index in [1.165, 1.54) is 6.07 Å². The summed E-state index contributed by atoms with van der Waals surface area (Å²) in [5.41, 5.74) is 6.87. The van der Waals surface area contributed by atoms with E-state index in [1.807, 2.05) is 6.07 Å². The first-order valence-electron chi connectivity index (χ1n) is 7.45. The van der Waals surface area contributed by atoms with Gasteiger partial charge in [0.2, 0.25) is 0 Å². The summed E-state index contributed by atoms with van der Waals surface area (Å²) in [5, 5.41) is 0.160. The number of unbranched alkanes of at least 4 members (excludes halogenated alkanes) is 1. The zero-order valence-electron chi connectivity index (χ0n) is 12.7. The Kier molecular flexibility index (Phi) is 7.49. The normalized spacial score (nSPS) is 14.6. The van der Waals surface area contributed by atoms with E-state index in [1.54, 1.807) is 6.07 Å². The van der Waals surface area contributed by atoms with E-state index >= 15 is 0 Å². The zero-order valence-corrected chi connectivity index (χ0v) is 13.5. The molecular weight excluding hydrogens is 275 g/mol. The number of benzene rings is 1. The minimum Gasteiger partial charge on any atom is -0.329 e. The first kappa shape index (κ1) is 17.4. The molecule has 0 bridgehead atoms. The van der Waals surface area contributed by atoms with Crippen molar-refractivity contribution in [3.8, 4) is 0 Å². The molecule has 0 amide bonds. The van der Waals surface area contributed by atoms with Gasteiger partial charge in [0.25, 0.3) is 0 Å². The Morgan fingerprint density at radius 3 is 2.55 bits per heavy atom. The maximum Gasteiger partial charge on any atom is 0.142 e. The molecule has 1 rings (SSSR count). The van der Waals surface area contributed by atoms with Gasteiger partial charge >= 0.3 is 0 Å². The van der Waals surface area contributed by atoms with Crippen molar-refractivity contribution in [3.63, 3.8) is 0 Å². The average molecular weight is 301 g/mol. The van der Waals surface area contributed by atoms with E-state index in [4.69, 9.17) is 17.3 Å². The van der Waals surface area contributed by atoms with Gasteiger partial charge in [0.15, 0.2) is 0 Å². The molecule has 0 spiro atoms. The first-order chi connectivity index (χ1) is 9.54. The van der Waals surface area contributed by atoms with Crippen LogP contribution in [-0.4, -0.2) is 24.0 Å². The number of rotatable bonds is 8. The minimum absolute atomic E-state index is 0.0447. The molecule has 2 unspecified atom stereocenters. The third kappa shape index (κ3) is 4.44. The van der Waals surface area contributed by atoms with E-state index in [0.29, 0.717) is 12.6 Å². The highest BCUT2D eigenvalue weighted by atomic mass is 35.5. The van der Waals surface area contributed by atoms with Crippen LogP contribution in [-0.2, 0) is 0 Å². The molecule has 20 heavy (non-hydrogen) atoms. The molecule has 0 aliphatic heterocycles. The van der Waals surface area contributed by atoms with Crippen molar-refractivity contribution in [1.29, 1.82) is 0 Å². The van der Waals surface area contributed by atoms with E-state index in [0.717, 1.165) is 31.4 Å². The molecule has 1 aromatic rings. The lowest BCUT2D eigenvalue weighted by molar-refractivity contribution is 0.140. The fourth-order valence-electron chi connectivity index (χ4n) is 2.44. The van der Waals surface area contributed by atoms with Crippen molar-refractivity contribution < 1.29 is 4.39 Å². The molecule has 0 fully saturated rings. The molecule has 2 nitrogen and oxygen atoms in total. The van der Waals surface area contributed by atoms with Crippen LogP contribution in [0.4, 0.5) is 4.39 Å². The Labute approximate surface area is 127 Å². The van der Waals surface area contributed by atoms with Crippen molar-refractivity contribution in [2.24, 2.45) is 5.73 Å². The van der Waals surface area contributed by atoms with Crippen LogP contribution in [0.1, 0.15) is 51.6 Å². The number of hydrogen-bond acceptors (Lipinski definition) is 2. The highest BCUT2D eigenvalue weighted by molar-refractivity contribution is 6.30. The third-order valence-electron chi connectivity index (χ3n) is 3.88. The maximum atomic E-state index is 13.7. The molecule has 4 heteroatoms. The van der Waals surface area contributed by atoms with Crippen LogP contribution >= 0.6 is 11.6 Å². The first-order valence-corrected chi connectivity index (χ1v) is 7.83. The van der Waals surface area contributed by atoms with Gasteiger partial charge < -0.3 is 5.73 Å². The lowest BCUT2D eigenvalue weighted by Gasteiger charge is -2.36. The summed E-state index contributed by atoms with van der Waals surface area (Å²) in [7, 11) is 0. The predicted octanol–water partition coefficient (Wildman–Crippen LogP) is 4.38. The Bertz CT molecular complexity index is 411. The monoisotopic (exact) mass is 300 g/mol. The van der Waals surface area contributed by atoms with Gasteiger partial charge in [0, 0.05) is 18.6 Å². The Hall–Kier alpha value is -0.640. The predicted molar refractivity (Wildman–Crippen MR) is 84.6 cm³/mol.